The van der Waals surface area contributed by atoms with E-state index in [4.69, 9.17) is 0 Å². The molecule has 2 fully saturated rings. The standard InChI is InChI=1S/C18H26N4OS.HI/c1-19-17(21-12-11-20-16(23)14-7-8-14)22-13-18(9-10-18)24-15-5-3-2-4-6-15;/h2-6,14H,7-13H2,1H3,(H,20,23)(H2,19,21,22);1H. The predicted molar refractivity (Wildman–Crippen MR) is 115 cm³/mol. The van der Waals surface area contributed by atoms with E-state index in [1.165, 1.54) is 17.7 Å². The summed E-state index contributed by atoms with van der Waals surface area (Å²) in [5.74, 6) is 1.26. The Morgan fingerprint density at radius 3 is 2.44 bits per heavy atom. The lowest BCUT2D eigenvalue weighted by Gasteiger charge is -2.18. The largest absolute Gasteiger partial charge is 0.355 e. The van der Waals surface area contributed by atoms with Gasteiger partial charge in [0.15, 0.2) is 5.96 Å². The van der Waals surface area contributed by atoms with Gasteiger partial charge in [0, 0.05) is 42.2 Å². The Bertz CT molecular complexity index is 588. The molecule has 138 valence electrons. The maximum Gasteiger partial charge on any atom is 0.223 e. The molecule has 5 nitrogen and oxygen atoms in total. The Balaban J connectivity index is 0.00000225. The second-order valence-corrected chi connectivity index (χ2v) is 8.06. The highest BCUT2D eigenvalue weighted by atomic mass is 127. The molecule has 0 spiro atoms. The van der Waals surface area contributed by atoms with Crippen molar-refractivity contribution in [1.29, 1.82) is 0 Å². The van der Waals surface area contributed by atoms with Gasteiger partial charge in [-0.05, 0) is 37.8 Å². The van der Waals surface area contributed by atoms with Crippen LogP contribution in [0.5, 0.6) is 0 Å². The summed E-state index contributed by atoms with van der Waals surface area (Å²) < 4.78 is 0.291. The van der Waals surface area contributed by atoms with Crippen LogP contribution in [0.15, 0.2) is 40.2 Å². The van der Waals surface area contributed by atoms with E-state index in [1.54, 1.807) is 7.05 Å². The summed E-state index contributed by atoms with van der Waals surface area (Å²) >= 11 is 1.95. The number of halogens is 1. The van der Waals surface area contributed by atoms with E-state index in [0.717, 1.165) is 25.3 Å². The highest BCUT2D eigenvalue weighted by Crippen LogP contribution is 2.51. The van der Waals surface area contributed by atoms with Crippen molar-refractivity contribution in [2.24, 2.45) is 10.9 Å². The summed E-state index contributed by atoms with van der Waals surface area (Å²) in [5, 5.41) is 9.64. The van der Waals surface area contributed by atoms with Gasteiger partial charge in [0.2, 0.25) is 5.91 Å². The molecule has 3 N–H and O–H groups in total. The van der Waals surface area contributed by atoms with Gasteiger partial charge >= 0.3 is 0 Å². The lowest BCUT2D eigenvalue weighted by atomic mass is 10.4. The van der Waals surface area contributed by atoms with Crippen LogP contribution in [0.4, 0.5) is 0 Å². The zero-order valence-electron chi connectivity index (χ0n) is 14.6. The van der Waals surface area contributed by atoms with E-state index in [0.29, 0.717) is 17.8 Å². The third-order valence-electron chi connectivity index (χ3n) is 4.35. The number of aliphatic imine (C=N–C) groups is 1. The molecule has 1 aromatic carbocycles. The number of guanidine groups is 1. The monoisotopic (exact) mass is 474 g/mol. The lowest BCUT2D eigenvalue weighted by Crippen LogP contribution is -2.44. The van der Waals surface area contributed by atoms with E-state index in [1.807, 2.05) is 11.8 Å². The Labute approximate surface area is 171 Å². The van der Waals surface area contributed by atoms with Gasteiger partial charge in [-0.2, -0.15) is 0 Å². The van der Waals surface area contributed by atoms with Crippen LogP contribution in [-0.2, 0) is 4.79 Å². The summed E-state index contributed by atoms with van der Waals surface area (Å²) in [6.07, 6.45) is 4.55. The first kappa shape index (κ1) is 20.4. The van der Waals surface area contributed by atoms with Crippen LogP contribution in [0.25, 0.3) is 0 Å². The SMILES string of the molecule is CN=C(NCCNC(=O)C1CC1)NCC1(Sc2ccccc2)CC1.I. The first-order chi connectivity index (χ1) is 11.7. The molecule has 2 aliphatic carbocycles. The van der Waals surface area contributed by atoms with Crippen LogP contribution >= 0.6 is 35.7 Å². The van der Waals surface area contributed by atoms with E-state index in [2.05, 4.69) is 51.3 Å². The molecule has 0 heterocycles. The Morgan fingerprint density at radius 2 is 1.84 bits per heavy atom. The summed E-state index contributed by atoms with van der Waals surface area (Å²) in [7, 11) is 1.78. The maximum atomic E-state index is 11.6. The number of nitrogens with zero attached hydrogens (tertiary/aromatic N) is 1. The van der Waals surface area contributed by atoms with Crippen LogP contribution in [0.3, 0.4) is 0 Å². The number of nitrogens with one attached hydrogen (secondary N) is 3. The van der Waals surface area contributed by atoms with Crippen molar-refractivity contribution in [3.63, 3.8) is 0 Å². The average Bonchev–Trinajstić information content (AvgIpc) is 3.50. The lowest BCUT2D eigenvalue weighted by molar-refractivity contribution is -0.122. The molecule has 0 aliphatic heterocycles. The van der Waals surface area contributed by atoms with Gasteiger partial charge in [0.05, 0.1) is 0 Å². The quantitative estimate of drug-likeness (QED) is 0.235. The van der Waals surface area contributed by atoms with Gasteiger partial charge in [-0.25, -0.2) is 0 Å². The number of hydrogen-bond donors (Lipinski definition) is 3. The Morgan fingerprint density at radius 1 is 1.16 bits per heavy atom. The zero-order chi connectivity index (χ0) is 16.8. The van der Waals surface area contributed by atoms with E-state index in [-0.39, 0.29) is 35.8 Å². The number of rotatable bonds is 8. The van der Waals surface area contributed by atoms with Gasteiger partial charge in [-0.3, -0.25) is 9.79 Å². The van der Waals surface area contributed by atoms with Crippen LogP contribution in [-0.4, -0.2) is 43.3 Å². The average molecular weight is 474 g/mol. The summed E-state index contributed by atoms with van der Waals surface area (Å²) in [5.41, 5.74) is 0. The van der Waals surface area contributed by atoms with E-state index < -0.39 is 0 Å². The van der Waals surface area contributed by atoms with Crippen molar-refractivity contribution in [2.45, 2.75) is 35.3 Å². The molecule has 0 saturated heterocycles. The van der Waals surface area contributed by atoms with Gasteiger partial charge < -0.3 is 16.0 Å². The van der Waals surface area contributed by atoms with Crippen molar-refractivity contribution in [1.82, 2.24) is 16.0 Å². The fourth-order valence-corrected chi connectivity index (χ4v) is 3.76. The van der Waals surface area contributed by atoms with Crippen molar-refractivity contribution >= 4 is 47.6 Å². The number of amides is 1. The smallest absolute Gasteiger partial charge is 0.223 e. The van der Waals surface area contributed by atoms with Gasteiger partial charge in [-0.1, -0.05) is 18.2 Å². The van der Waals surface area contributed by atoms with Crippen LogP contribution in [0, 0.1) is 5.92 Å². The number of benzene rings is 1. The fraction of sp³-hybridized carbons (Fsp3) is 0.556. The third-order valence-corrected chi connectivity index (χ3v) is 5.85. The predicted octanol–water partition coefficient (Wildman–Crippen LogP) is 2.62. The van der Waals surface area contributed by atoms with Crippen molar-refractivity contribution in [3.8, 4) is 0 Å². The minimum absolute atomic E-state index is 0. The summed E-state index contributed by atoms with van der Waals surface area (Å²) in [4.78, 5) is 17.2. The number of carbonyl (C=O) groups is 1. The van der Waals surface area contributed by atoms with E-state index >= 15 is 0 Å². The Hall–Kier alpha value is -0.960. The fourth-order valence-electron chi connectivity index (χ4n) is 2.51. The highest BCUT2D eigenvalue weighted by molar-refractivity contribution is 14.0. The third kappa shape index (κ3) is 6.69. The number of thioether (sulfide) groups is 1. The van der Waals surface area contributed by atoms with Gasteiger partial charge in [0.1, 0.15) is 0 Å². The number of hydrogen-bond acceptors (Lipinski definition) is 3. The van der Waals surface area contributed by atoms with Crippen LogP contribution in [0.1, 0.15) is 25.7 Å². The molecule has 3 rings (SSSR count). The van der Waals surface area contributed by atoms with E-state index in [9.17, 15) is 4.79 Å². The second kappa shape index (κ2) is 9.66. The van der Waals surface area contributed by atoms with Crippen molar-refractivity contribution in [2.75, 3.05) is 26.7 Å². The van der Waals surface area contributed by atoms with Crippen molar-refractivity contribution < 1.29 is 4.79 Å². The molecule has 0 radical (unpaired) electrons. The molecular weight excluding hydrogens is 447 g/mol. The molecule has 7 heteroatoms. The molecule has 0 aromatic heterocycles. The topological polar surface area (TPSA) is 65.5 Å². The molecule has 2 saturated carbocycles. The summed E-state index contributed by atoms with van der Waals surface area (Å²) in [6.45, 7) is 2.23. The first-order valence-corrected chi connectivity index (χ1v) is 9.49. The van der Waals surface area contributed by atoms with Crippen LogP contribution < -0.4 is 16.0 Å². The van der Waals surface area contributed by atoms with Crippen molar-refractivity contribution in [3.05, 3.63) is 30.3 Å². The minimum atomic E-state index is 0. The molecule has 0 atom stereocenters. The number of carbonyl (C=O) groups excluding carboxylic acids is 1. The zero-order valence-corrected chi connectivity index (χ0v) is 17.7. The molecule has 25 heavy (non-hydrogen) atoms. The molecule has 0 bridgehead atoms. The maximum absolute atomic E-state index is 11.6. The minimum Gasteiger partial charge on any atom is -0.355 e. The Kier molecular flexibility index (Phi) is 7.86. The van der Waals surface area contributed by atoms with Crippen LogP contribution in [0.2, 0.25) is 0 Å². The highest BCUT2D eigenvalue weighted by Gasteiger charge is 2.43. The molecule has 1 aromatic rings. The normalized spacial score (nSPS) is 18.0. The molecule has 0 unspecified atom stereocenters. The van der Waals surface area contributed by atoms with Gasteiger partial charge in [0.25, 0.3) is 0 Å². The first-order valence-electron chi connectivity index (χ1n) is 8.67. The molecular formula is C18H27IN4OS. The molecule has 2 aliphatic rings. The summed E-state index contributed by atoms with van der Waals surface area (Å²) in [6, 6.07) is 10.6. The second-order valence-electron chi connectivity index (χ2n) is 6.52. The molecule has 1 amide bonds. The van der Waals surface area contributed by atoms with Gasteiger partial charge in [-0.15, -0.1) is 35.7 Å².